The quantitative estimate of drug-likeness (QED) is 0.863. The molecular weight excluding hydrogens is 238 g/mol. The normalized spacial score (nSPS) is 17.7. The summed E-state index contributed by atoms with van der Waals surface area (Å²) in [5, 5.41) is 12.6. The first-order chi connectivity index (χ1) is 9.22. The number of aromatic hydroxyl groups is 1. The van der Waals surface area contributed by atoms with Crippen molar-refractivity contribution in [3.8, 4) is 5.75 Å². The molecule has 2 aromatic rings. The van der Waals surface area contributed by atoms with E-state index in [1.165, 1.54) is 5.56 Å². The Morgan fingerprint density at radius 2 is 1.95 bits per heavy atom. The molecule has 19 heavy (non-hydrogen) atoms. The highest BCUT2D eigenvalue weighted by Gasteiger charge is 2.24. The lowest BCUT2D eigenvalue weighted by Gasteiger charge is -2.27. The number of nitrogens with one attached hydrogen (secondary N) is 1. The number of rotatable bonds is 2. The summed E-state index contributed by atoms with van der Waals surface area (Å²) in [7, 11) is 0. The van der Waals surface area contributed by atoms with E-state index in [0.717, 1.165) is 17.5 Å². The van der Waals surface area contributed by atoms with Crippen molar-refractivity contribution in [1.82, 2.24) is 5.32 Å². The number of carbonyl (C=O) groups excluding carboxylic acids is 1. The predicted octanol–water partition coefficient (Wildman–Crippen LogP) is 2.35. The SMILES string of the molecule is O=C1Cc2ccc(O)cc2C(Cc2ccccc2)N1. The molecule has 0 saturated heterocycles. The third-order valence-corrected chi connectivity index (χ3v) is 3.47. The molecule has 1 unspecified atom stereocenters. The van der Waals surface area contributed by atoms with E-state index in [-0.39, 0.29) is 17.7 Å². The van der Waals surface area contributed by atoms with E-state index in [0.29, 0.717) is 6.42 Å². The minimum atomic E-state index is -0.0641. The number of hydrogen-bond donors (Lipinski definition) is 2. The van der Waals surface area contributed by atoms with Crippen molar-refractivity contribution in [2.45, 2.75) is 18.9 Å². The number of hydrogen-bond acceptors (Lipinski definition) is 2. The van der Waals surface area contributed by atoms with E-state index in [9.17, 15) is 9.90 Å². The molecule has 1 aliphatic rings. The maximum absolute atomic E-state index is 11.7. The highest BCUT2D eigenvalue weighted by Crippen LogP contribution is 2.29. The van der Waals surface area contributed by atoms with Crippen LogP contribution in [0.1, 0.15) is 22.7 Å². The lowest BCUT2D eigenvalue weighted by Crippen LogP contribution is -2.36. The van der Waals surface area contributed by atoms with E-state index in [4.69, 9.17) is 0 Å². The summed E-state index contributed by atoms with van der Waals surface area (Å²) in [6.45, 7) is 0. The van der Waals surface area contributed by atoms with Gasteiger partial charge in [0.05, 0.1) is 12.5 Å². The van der Waals surface area contributed by atoms with Gasteiger partial charge in [-0.25, -0.2) is 0 Å². The highest BCUT2D eigenvalue weighted by atomic mass is 16.3. The zero-order valence-corrected chi connectivity index (χ0v) is 10.5. The third-order valence-electron chi connectivity index (χ3n) is 3.47. The third kappa shape index (κ3) is 2.45. The van der Waals surface area contributed by atoms with Crippen LogP contribution in [0, 0.1) is 0 Å². The van der Waals surface area contributed by atoms with Crippen LogP contribution in [0.15, 0.2) is 48.5 Å². The molecular formula is C16H15NO2. The molecule has 1 atom stereocenters. The Kier molecular flexibility index (Phi) is 2.95. The minimum absolute atomic E-state index is 0.0409. The summed E-state index contributed by atoms with van der Waals surface area (Å²) in [6, 6.07) is 15.2. The van der Waals surface area contributed by atoms with Crippen molar-refractivity contribution in [3.05, 3.63) is 65.2 Å². The lowest BCUT2D eigenvalue weighted by atomic mass is 9.90. The van der Waals surface area contributed by atoms with Crippen LogP contribution in [0.2, 0.25) is 0 Å². The summed E-state index contributed by atoms with van der Waals surface area (Å²) in [5.74, 6) is 0.284. The maximum atomic E-state index is 11.7. The van der Waals surface area contributed by atoms with Gasteiger partial charge in [0.25, 0.3) is 0 Å². The Morgan fingerprint density at radius 1 is 1.16 bits per heavy atom. The van der Waals surface area contributed by atoms with Crippen LogP contribution in [0.3, 0.4) is 0 Å². The highest BCUT2D eigenvalue weighted by molar-refractivity contribution is 5.81. The molecule has 0 aromatic heterocycles. The molecule has 3 nitrogen and oxygen atoms in total. The Labute approximate surface area is 111 Å². The number of carbonyl (C=O) groups is 1. The van der Waals surface area contributed by atoms with Crippen molar-refractivity contribution in [2.24, 2.45) is 0 Å². The molecule has 0 saturated carbocycles. The van der Waals surface area contributed by atoms with Gasteiger partial charge in [-0.3, -0.25) is 4.79 Å². The van der Waals surface area contributed by atoms with Crippen LogP contribution in [0.5, 0.6) is 5.75 Å². The standard InChI is InChI=1S/C16H15NO2/c18-13-7-6-12-9-16(19)17-15(14(12)10-13)8-11-4-2-1-3-5-11/h1-7,10,15,18H,8-9H2,(H,17,19). The van der Waals surface area contributed by atoms with E-state index >= 15 is 0 Å². The molecule has 3 heteroatoms. The fourth-order valence-corrected chi connectivity index (χ4v) is 2.57. The molecule has 2 aromatic carbocycles. The topological polar surface area (TPSA) is 49.3 Å². The predicted molar refractivity (Wildman–Crippen MR) is 72.8 cm³/mol. The van der Waals surface area contributed by atoms with Gasteiger partial charge in [-0.15, -0.1) is 0 Å². The maximum Gasteiger partial charge on any atom is 0.224 e. The van der Waals surface area contributed by atoms with Crippen LogP contribution in [0.4, 0.5) is 0 Å². The van der Waals surface area contributed by atoms with Gasteiger partial charge in [-0.1, -0.05) is 36.4 Å². The zero-order chi connectivity index (χ0) is 13.2. The van der Waals surface area contributed by atoms with Crippen LogP contribution >= 0.6 is 0 Å². The number of amides is 1. The summed E-state index contributed by atoms with van der Waals surface area (Å²) >= 11 is 0. The van der Waals surface area contributed by atoms with Crippen molar-refractivity contribution < 1.29 is 9.90 Å². The van der Waals surface area contributed by atoms with Crippen LogP contribution in [0.25, 0.3) is 0 Å². The number of phenolic OH excluding ortho intramolecular Hbond substituents is 1. The van der Waals surface area contributed by atoms with Crippen molar-refractivity contribution >= 4 is 5.91 Å². The van der Waals surface area contributed by atoms with Gasteiger partial charge in [-0.2, -0.15) is 0 Å². The van der Waals surface area contributed by atoms with E-state index < -0.39 is 0 Å². The molecule has 0 spiro atoms. The number of benzene rings is 2. The fraction of sp³-hybridized carbons (Fsp3) is 0.188. The second-order valence-electron chi connectivity index (χ2n) is 4.87. The van der Waals surface area contributed by atoms with Gasteiger partial charge in [0.2, 0.25) is 5.91 Å². The average Bonchev–Trinajstić information content (AvgIpc) is 2.41. The van der Waals surface area contributed by atoms with Gasteiger partial charge in [0, 0.05) is 0 Å². The molecule has 2 N–H and O–H groups in total. The summed E-state index contributed by atoms with van der Waals surface area (Å²) < 4.78 is 0. The molecule has 0 fully saturated rings. The second-order valence-corrected chi connectivity index (χ2v) is 4.87. The molecule has 0 radical (unpaired) electrons. The lowest BCUT2D eigenvalue weighted by molar-refractivity contribution is -0.121. The molecule has 96 valence electrons. The van der Waals surface area contributed by atoms with E-state index in [1.54, 1.807) is 12.1 Å². The van der Waals surface area contributed by atoms with Gasteiger partial charge in [0.1, 0.15) is 5.75 Å². The minimum Gasteiger partial charge on any atom is -0.508 e. The van der Waals surface area contributed by atoms with Gasteiger partial charge < -0.3 is 10.4 Å². The first-order valence-corrected chi connectivity index (χ1v) is 6.37. The first-order valence-electron chi connectivity index (χ1n) is 6.37. The molecule has 1 amide bonds. The average molecular weight is 253 g/mol. The molecule has 0 aliphatic carbocycles. The van der Waals surface area contributed by atoms with Crippen molar-refractivity contribution in [1.29, 1.82) is 0 Å². The largest absolute Gasteiger partial charge is 0.508 e. The Hall–Kier alpha value is -2.29. The summed E-state index contributed by atoms with van der Waals surface area (Å²) in [5.41, 5.74) is 3.19. The number of phenols is 1. The molecule has 3 rings (SSSR count). The molecule has 1 aliphatic heterocycles. The fourth-order valence-electron chi connectivity index (χ4n) is 2.57. The van der Waals surface area contributed by atoms with Crippen molar-refractivity contribution in [3.63, 3.8) is 0 Å². The van der Waals surface area contributed by atoms with Crippen LogP contribution in [-0.2, 0) is 17.6 Å². The van der Waals surface area contributed by atoms with Crippen LogP contribution < -0.4 is 5.32 Å². The van der Waals surface area contributed by atoms with Gasteiger partial charge in [0.15, 0.2) is 0 Å². The van der Waals surface area contributed by atoms with Gasteiger partial charge in [-0.05, 0) is 35.2 Å². The zero-order valence-electron chi connectivity index (χ0n) is 10.5. The second kappa shape index (κ2) is 4.76. The first kappa shape index (κ1) is 11.8. The Morgan fingerprint density at radius 3 is 2.74 bits per heavy atom. The van der Waals surface area contributed by atoms with Crippen LogP contribution in [-0.4, -0.2) is 11.0 Å². The Balaban J connectivity index is 1.94. The monoisotopic (exact) mass is 253 g/mol. The summed E-state index contributed by atoms with van der Waals surface area (Å²) in [6.07, 6.45) is 1.13. The Bertz CT molecular complexity index is 607. The number of fused-ring (bicyclic) bond motifs is 1. The molecule has 1 heterocycles. The summed E-state index contributed by atoms with van der Waals surface area (Å²) in [4.78, 5) is 11.7. The van der Waals surface area contributed by atoms with E-state index in [2.05, 4.69) is 5.32 Å². The smallest absolute Gasteiger partial charge is 0.224 e. The van der Waals surface area contributed by atoms with Crippen molar-refractivity contribution in [2.75, 3.05) is 0 Å². The molecule has 0 bridgehead atoms. The van der Waals surface area contributed by atoms with E-state index in [1.807, 2.05) is 36.4 Å². The van der Waals surface area contributed by atoms with Gasteiger partial charge >= 0.3 is 0 Å².